The van der Waals surface area contributed by atoms with Gasteiger partial charge >= 0.3 is 5.97 Å². The van der Waals surface area contributed by atoms with E-state index in [1.165, 1.54) is 11.1 Å². The van der Waals surface area contributed by atoms with Crippen LogP contribution in [0.15, 0.2) is 78.9 Å². The SMILES string of the molecule is CCCOc1cccc(CC(=O)O)c1NCC(c1ccccc1)c1ccccc1. The van der Waals surface area contributed by atoms with Gasteiger partial charge in [0.15, 0.2) is 0 Å². The standard InChI is InChI=1S/C25H27NO3/c1-2-16-29-23-15-9-14-21(17-24(27)28)25(23)26-18-22(19-10-5-3-6-11-19)20-12-7-4-8-13-20/h3-15,22,26H,2,16-18H2,1H3,(H,27,28). The molecule has 150 valence electrons. The van der Waals surface area contributed by atoms with E-state index in [2.05, 4.69) is 36.5 Å². The van der Waals surface area contributed by atoms with Crippen LogP contribution in [-0.4, -0.2) is 24.2 Å². The Morgan fingerprint density at radius 2 is 1.55 bits per heavy atom. The van der Waals surface area contributed by atoms with E-state index in [0.717, 1.165) is 17.7 Å². The van der Waals surface area contributed by atoms with Crippen molar-refractivity contribution in [2.75, 3.05) is 18.5 Å². The summed E-state index contributed by atoms with van der Waals surface area (Å²) in [6.45, 7) is 3.27. The lowest BCUT2D eigenvalue weighted by Gasteiger charge is -2.22. The predicted octanol–water partition coefficient (Wildman–Crippen LogP) is 5.35. The first kappa shape index (κ1) is 20.5. The zero-order valence-corrected chi connectivity index (χ0v) is 16.7. The number of carbonyl (C=O) groups is 1. The number of carboxylic acid groups (broad SMARTS) is 1. The van der Waals surface area contributed by atoms with Gasteiger partial charge in [0.05, 0.1) is 18.7 Å². The third-order valence-corrected chi connectivity index (χ3v) is 4.80. The predicted molar refractivity (Wildman–Crippen MR) is 117 cm³/mol. The Kier molecular flexibility index (Phi) is 7.28. The molecule has 0 aliphatic carbocycles. The zero-order valence-electron chi connectivity index (χ0n) is 16.7. The topological polar surface area (TPSA) is 58.6 Å². The number of carboxylic acids is 1. The summed E-state index contributed by atoms with van der Waals surface area (Å²) in [5, 5.41) is 12.8. The molecule has 0 unspecified atom stereocenters. The van der Waals surface area contributed by atoms with Gasteiger partial charge < -0.3 is 15.2 Å². The van der Waals surface area contributed by atoms with Crippen molar-refractivity contribution < 1.29 is 14.6 Å². The van der Waals surface area contributed by atoms with Crippen LogP contribution in [0.5, 0.6) is 5.75 Å². The highest BCUT2D eigenvalue weighted by atomic mass is 16.5. The van der Waals surface area contributed by atoms with E-state index >= 15 is 0 Å². The van der Waals surface area contributed by atoms with Crippen molar-refractivity contribution in [2.45, 2.75) is 25.7 Å². The first-order valence-electron chi connectivity index (χ1n) is 9.99. The average Bonchev–Trinajstić information content (AvgIpc) is 2.74. The molecule has 0 aliphatic rings. The maximum absolute atomic E-state index is 11.4. The second kappa shape index (κ2) is 10.3. The minimum absolute atomic E-state index is 0.0486. The van der Waals surface area contributed by atoms with Gasteiger partial charge in [-0.3, -0.25) is 4.79 Å². The average molecular weight is 389 g/mol. The van der Waals surface area contributed by atoms with Crippen LogP contribution in [-0.2, 0) is 11.2 Å². The van der Waals surface area contributed by atoms with E-state index < -0.39 is 5.97 Å². The molecule has 0 atom stereocenters. The third-order valence-electron chi connectivity index (χ3n) is 4.80. The Morgan fingerprint density at radius 3 is 2.10 bits per heavy atom. The number of anilines is 1. The number of hydrogen-bond acceptors (Lipinski definition) is 3. The third kappa shape index (κ3) is 5.61. The Balaban J connectivity index is 1.91. The lowest BCUT2D eigenvalue weighted by Crippen LogP contribution is -2.16. The molecule has 0 aromatic heterocycles. The molecule has 4 nitrogen and oxygen atoms in total. The molecule has 0 spiro atoms. The zero-order chi connectivity index (χ0) is 20.5. The fourth-order valence-corrected chi connectivity index (χ4v) is 3.42. The Bertz CT molecular complexity index is 870. The molecule has 0 aliphatic heterocycles. The molecule has 3 aromatic carbocycles. The van der Waals surface area contributed by atoms with E-state index in [0.29, 0.717) is 18.9 Å². The first-order valence-corrected chi connectivity index (χ1v) is 9.99. The lowest BCUT2D eigenvalue weighted by molar-refractivity contribution is -0.136. The number of rotatable bonds is 10. The van der Waals surface area contributed by atoms with Crippen molar-refractivity contribution in [3.05, 3.63) is 95.6 Å². The maximum atomic E-state index is 11.4. The summed E-state index contributed by atoms with van der Waals surface area (Å²) in [4.78, 5) is 11.4. The number of hydrogen-bond donors (Lipinski definition) is 2. The summed E-state index contributed by atoms with van der Waals surface area (Å²) in [6, 6.07) is 26.3. The summed E-state index contributed by atoms with van der Waals surface area (Å²) < 4.78 is 5.90. The van der Waals surface area contributed by atoms with Gasteiger partial charge in [-0.15, -0.1) is 0 Å². The van der Waals surface area contributed by atoms with Crippen LogP contribution in [0.3, 0.4) is 0 Å². The summed E-state index contributed by atoms with van der Waals surface area (Å²) in [7, 11) is 0. The van der Waals surface area contributed by atoms with Crippen LogP contribution in [0.4, 0.5) is 5.69 Å². The van der Waals surface area contributed by atoms with Gasteiger partial charge in [-0.25, -0.2) is 0 Å². The van der Waals surface area contributed by atoms with E-state index in [1.807, 2.05) is 54.6 Å². The molecular weight excluding hydrogens is 362 g/mol. The molecule has 0 bridgehead atoms. The van der Waals surface area contributed by atoms with Gasteiger partial charge in [0.25, 0.3) is 0 Å². The molecule has 2 N–H and O–H groups in total. The fourth-order valence-electron chi connectivity index (χ4n) is 3.42. The van der Waals surface area contributed by atoms with Gasteiger partial charge in [0, 0.05) is 12.5 Å². The second-order valence-corrected chi connectivity index (χ2v) is 6.96. The van der Waals surface area contributed by atoms with E-state index in [4.69, 9.17) is 4.74 Å². The van der Waals surface area contributed by atoms with Gasteiger partial charge in [-0.2, -0.15) is 0 Å². The molecule has 4 heteroatoms. The minimum atomic E-state index is -0.858. The molecule has 3 rings (SSSR count). The first-order chi connectivity index (χ1) is 14.2. The molecule has 0 heterocycles. The Morgan fingerprint density at radius 1 is 0.931 bits per heavy atom. The number of ether oxygens (including phenoxy) is 1. The van der Waals surface area contributed by atoms with Crippen molar-refractivity contribution in [2.24, 2.45) is 0 Å². The van der Waals surface area contributed by atoms with Crippen molar-refractivity contribution in [1.29, 1.82) is 0 Å². The summed E-state index contributed by atoms with van der Waals surface area (Å²) >= 11 is 0. The smallest absolute Gasteiger partial charge is 0.307 e. The second-order valence-electron chi connectivity index (χ2n) is 6.96. The van der Waals surface area contributed by atoms with Crippen molar-refractivity contribution >= 4 is 11.7 Å². The molecule has 3 aromatic rings. The maximum Gasteiger partial charge on any atom is 0.307 e. The van der Waals surface area contributed by atoms with Gasteiger partial charge in [0.1, 0.15) is 5.75 Å². The molecule has 0 saturated heterocycles. The van der Waals surface area contributed by atoms with Crippen LogP contribution >= 0.6 is 0 Å². The largest absolute Gasteiger partial charge is 0.491 e. The Labute approximate surface area is 172 Å². The summed E-state index contributed by atoms with van der Waals surface area (Å²) in [5.41, 5.74) is 3.90. The fraction of sp³-hybridized carbons (Fsp3) is 0.240. The number of para-hydroxylation sites is 1. The van der Waals surface area contributed by atoms with Crippen molar-refractivity contribution in [1.82, 2.24) is 0 Å². The van der Waals surface area contributed by atoms with Crippen molar-refractivity contribution in [3.8, 4) is 5.75 Å². The molecule has 29 heavy (non-hydrogen) atoms. The highest BCUT2D eigenvalue weighted by molar-refractivity contribution is 5.75. The number of benzene rings is 3. The molecular formula is C25H27NO3. The molecule has 0 amide bonds. The summed E-state index contributed by atoms with van der Waals surface area (Å²) in [5.74, 6) is -0.0249. The van der Waals surface area contributed by atoms with E-state index in [9.17, 15) is 9.90 Å². The number of nitrogens with one attached hydrogen (secondary N) is 1. The van der Waals surface area contributed by atoms with Crippen LogP contribution in [0.1, 0.15) is 36.0 Å². The molecule has 0 fully saturated rings. The van der Waals surface area contributed by atoms with Crippen LogP contribution < -0.4 is 10.1 Å². The normalized spacial score (nSPS) is 10.7. The summed E-state index contributed by atoms with van der Waals surface area (Å²) in [6.07, 6.45) is 0.840. The van der Waals surface area contributed by atoms with Gasteiger partial charge in [0.2, 0.25) is 0 Å². The Hall–Kier alpha value is -3.27. The van der Waals surface area contributed by atoms with Crippen LogP contribution in [0, 0.1) is 0 Å². The lowest BCUT2D eigenvalue weighted by atomic mass is 9.91. The monoisotopic (exact) mass is 389 g/mol. The highest BCUT2D eigenvalue weighted by Gasteiger charge is 2.17. The molecule has 0 radical (unpaired) electrons. The van der Waals surface area contributed by atoms with Crippen molar-refractivity contribution in [3.63, 3.8) is 0 Å². The quantitative estimate of drug-likeness (QED) is 0.491. The number of aliphatic carboxylic acids is 1. The minimum Gasteiger partial charge on any atom is -0.491 e. The molecule has 0 saturated carbocycles. The van der Waals surface area contributed by atoms with Crippen LogP contribution in [0.25, 0.3) is 0 Å². The van der Waals surface area contributed by atoms with Gasteiger partial charge in [-0.05, 0) is 29.2 Å². The van der Waals surface area contributed by atoms with Crippen LogP contribution in [0.2, 0.25) is 0 Å². The van der Waals surface area contributed by atoms with Gasteiger partial charge in [-0.1, -0.05) is 79.7 Å². The van der Waals surface area contributed by atoms with E-state index in [-0.39, 0.29) is 12.3 Å². The van der Waals surface area contributed by atoms with E-state index in [1.54, 1.807) is 0 Å². The highest BCUT2D eigenvalue weighted by Crippen LogP contribution is 2.32.